The lowest BCUT2D eigenvalue weighted by Gasteiger charge is -2.37. The number of anilines is 1. The van der Waals surface area contributed by atoms with Crippen molar-refractivity contribution in [1.29, 1.82) is 0 Å². The number of amides is 1. The molecule has 2 fully saturated rings. The summed E-state index contributed by atoms with van der Waals surface area (Å²) in [4.78, 5) is 38.2. The van der Waals surface area contributed by atoms with Gasteiger partial charge in [-0.25, -0.2) is 0 Å². The van der Waals surface area contributed by atoms with Gasteiger partial charge in [0.25, 0.3) is 0 Å². The van der Waals surface area contributed by atoms with Crippen molar-refractivity contribution in [3.05, 3.63) is 29.3 Å². The molecule has 3 rings (SSSR count). The fourth-order valence-electron chi connectivity index (χ4n) is 4.56. The highest BCUT2D eigenvalue weighted by atomic mass is 16.2. The van der Waals surface area contributed by atoms with Gasteiger partial charge in [0.1, 0.15) is 5.41 Å². The molecule has 4 nitrogen and oxygen atoms in total. The van der Waals surface area contributed by atoms with Crippen molar-refractivity contribution in [2.45, 2.75) is 47.5 Å². The smallest absolute Gasteiger partial charge is 0.239 e. The average Bonchev–Trinajstić information content (AvgIpc) is 2.70. The molecule has 23 heavy (non-hydrogen) atoms. The molecule has 4 heteroatoms. The number of ketones is 2. The van der Waals surface area contributed by atoms with E-state index in [0.717, 1.165) is 11.1 Å². The van der Waals surface area contributed by atoms with Crippen LogP contribution in [0.25, 0.3) is 0 Å². The van der Waals surface area contributed by atoms with E-state index < -0.39 is 22.0 Å². The Labute approximate surface area is 136 Å². The fraction of sp³-hybridized carbons (Fsp3) is 0.526. The Morgan fingerprint density at radius 2 is 1.52 bits per heavy atom. The lowest BCUT2D eigenvalue weighted by molar-refractivity contribution is -0.147. The molecule has 122 valence electrons. The summed E-state index contributed by atoms with van der Waals surface area (Å²) in [7, 11) is 0. The molecule has 2 atom stereocenters. The third kappa shape index (κ3) is 1.75. The lowest BCUT2D eigenvalue weighted by Crippen LogP contribution is -2.47. The van der Waals surface area contributed by atoms with Crippen LogP contribution in [0.15, 0.2) is 18.2 Å². The highest BCUT2D eigenvalue weighted by molar-refractivity contribution is 6.49. The zero-order valence-corrected chi connectivity index (χ0v) is 14.4. The molecule has 2 aliphatic rings. The number of benzene rings is 1. The molecule has 0 heterocycles. The topological polar surface area (TPSA) is 63.2 Å². The van der Waals surface area contributed by atoms with Crippen molar-refractivity contribution >= 4 is 23.2 Å². The maximum atomic E-state index is 13.0. The molecular formula is C19H23NO3. The third-order valence-corrected chi connectivity index (χ3v) is 6.41. The van der Waals surface area contributed by atoms with E-state index in [9.17, 15) is 14.4 Å². The van der Waals surface area contributed by atoms with Crippen molar-refractivity contribution in [2.24, 2.45) is 16.2 Å². The van der Waals surface area contributed by atoms with Gasteiger partial charge in [0.2, 0.25) is 17.5 Å². The summed E-state index contributed by atoms with van der Waals surface area (Å²) in [6.07, 6.45) is 1.03. The van der Waals surface area contributed by atoms with Crippen LogP contribution in [0.5, 0.6) is 0 Å². The molecule has 1 aromatic rings. The fourth-order valence-corrected chi connectivity index (χ4v) is 4.56. The Morgan fingerprint density at radius 1 is 0.957 bits per heavy atom. The van der Waals surface area contributed by atoms with Gasteiger partial charge in [0.05, 0.1) is 0 Å². The SMILES string of the molecule is Cc1cc(C)cc(NC(=O)[C@@]23CC[C@](C)(C(=O)C2=O)C3(C)C)c1. The van der Waals surface area contributed by atoms with Crippen LogP contribution < -0.4 is 5.32 Å². The van der Waals surface area contributed by atoms with Crippen LogP contribution in [-0.2, 0) is 14.4 Å². The molecule has 0 aromatic heterocycles. The van der Waals surface area contributed by atoms with Crippen LogP contribution in [0.3, 0.4) is 0 Å². The molecule has 0 unspecified atom stereocenters. The number of hydrogen-bond acceptors (Lipinski definition) is 3. The number of Topliss-reactive ketones (excluding diaryl/α,β-unsaturated/α-hetero) is 2. The van der Waals surface area contributed by atoms with Crippen LogP contribution in [-0.4, -0.2) is 17.5 Å². The van der Waals surface area contributed by atoms with Gasteiger partial charge in [0.15, 0.2) is 0 Å². The van der Waals surface area contributed by atoms with E-state index in [2.05, 4.69) is 5.32 Å². The molecule has 2 saturated carbocycles. The molecule has 1 amide bonds. The predicted molar refractivity (Wildman–Crippen MR) is 88.1 cm³/mol. The summed E-state index contributed by atoms with van der Waals surface area (Å²) in [5.74, 6) is -1.24. The first-order valence-corrected chi connectivity index (χ1v) is 8.05. The summed E-state index contributed by atoms with van der Waals surface area (Å²) in [5.41, 5.74) is 0.125. The Bertz CT molecular complexity index is 729. The predicted octanol–water partition coefficient (Wildman–Crippen LogP) is 3.21. The van der Waals surface area contributed by atoms with Gasteiger partial charge in [-0.05, 0) is 55.4 Å². The molecule has 2 aliphatic carbocycles. The molecule has 1 N–H and O–H groups in total. The van der Waals surface area contributed by atoms with Gasteiger partial charge in [-0.2, -0.15) is 0 Å². The first-order chi connectivity index (χ1) is 10.6. The minimum Gasteiger partial charge on any atom is -0.325 e. The number of fused-ring (bicyclic) bond motifs is 2. The van der Waals surface area contributed by atoms with E-state index in [1.807, 2.05) is 52.8 Å². The molecular weight excluding hydrogens is 290 g/mol. The molecule has 0 aliphatic heterocycles. The van der Waals surface area contributed by atoms with E-state index in [1.165, 1.54) is 0 Å². The van der Waals surface area contributed by atoms with Gasteiger partial charge < -0.3 is 5.32 Å². The van der Waals surface area contributed by atoms with Gasteiger partial charge in [-0.3, -0.25) is 14.4 Å². The highest BCUT2D eigenvalue weighted by Crippen LogP contribution is 2.69. The minimum atomic E-state index is -1.24. The van der Waals surface area contributed by atoms with Crippen molar-refractivity contribution in [3.8, 4) is 0 Å². The maximum absolute atomic E-state index is 13.0. The van der Waals surface area contributed by atoms with Crippen molar-refractivity contribution < 1.29 is 14.4 Å². The van der Waals surface area contributed by atoms with Crippen LogP contribution >= 0.6 is 0 Å². The second kappa shape index (κ2) is 4.53. The number of nitrogens with one attached hydrogen (secondary N) is 1. The monoisotopic (exact) mass is 313 g/mol. The molecule has 0 saturated heterocycles. The minimum absolute atomic E-state index is 0.341. The van der Waals surface area contributed by atoms with Crippen LogP contribution in [0, 0.1) is 30.1 Å². The molecule has 1 aromatic carbocycles. The Kier molecular flexibility index (Phi) is 3.13. The first kappa shape index (κ1) is 15.9. The summed E-state index contributed by atoms with van der Waals surface area (Å²) in [5, 5.41) is 2.90. The maximum Gasteiger partial charge on any atom is 0.239 e. The summed E-state index contributed by atoms with van der Waals surface area (Å²) >= 11 is 0. The van der Waals surface area contributed by atoms with Crippen molar-refractivity contribution in [1.82, 2.24) is 0 Å². The largest absolute Gasteiger partial charge is 0.325 e. The van der Waals surface area contributed by atoms with Crippen LogP contribution in [0.1, 0.15) is 44.7 Å². The van der Waals surface area contributed by atoms with Gasteiger partial charge in [0, 0.05) is 11.1 Å². The molecule has 0 radical (unpaired) electrons. The molecule has 2 bridgehead atoms. The lowest BCUT2D eigenvalue weighted by atomic mass is 9.64. The van der Waals surface area contributed by atoms with E-state index in [4.69, 9.17) is 0 Å². The van der Waals surface area contributed by atoms with Crippen molar-refractivity contribution in [2.75, 3.05) is 5.32 Å². The summed E-state index contributed by atoms with van der Waals surface area (Å²) in [6.45, 7) is 9.50. The number of rotatable bonds is 2. The van der Waals surface area contributed by atoms with E-state index >= 15 is 0 Å². The zero-order chi connectivity index (χ0) is 17.2. The normalized spacial score (nSPS) is 31.5. The van der Waals surface area contributed by atoms with E-state index in [-0.39, 0.29) is 11.7 Å². The second-order valence-corrected chi connectivity index (χ2v) is 7.85. The quantitative estimate of drug-likeness (QED) is 0.673. The van der Waals surface area contributed by atoms with E-state index in [0.29, 0.717) is 18.5 Å². The molecule has 0 spiro atoms. The number of aryl methyl sites for hydroxylation is 2. The first-order valence-electron chi connectivity index (χ1n) is 8.05. The summed E-state index contributed by atoms with van der Waals surface area (Å²) in [6, 6.07) is 5.78. The van der Waals surface area contributed by atoms with Crippen LogP contribution in [0.2, 0.25) is 0 Å². The highest BCUT2D eigenvalue weighted by Gasteiger charge is 2.77. The Balaban J connectivity index is 2.02. The van der Waals surface area contributed by atoms with E-state index in [1.54, 1.807) is 0 Å². The summed E-state index contributed by atoms with van der Waals surface area (Å²) < 4.78 is 0. The standard InChI is InChI=1S/C19H23NO3/c1-11-8-12(2)10-13(9-11)20-16(23)19-7-6-18(5,17(19,3)4)14(21)15(19)22/h8-10H,6-7H2,1-5H3,(H,20,23)/t18-,19-/m1/s1. The van der Waals surface area contributed by atoms with Crippen LogP contribution in [0.4, 0.5) is 5.69 Å². The average molecular weight is 313 g/mol. The van der Waals surface area contributed by atoms with Gasteiger partial charge in [-0.1, -0.05) is 26.8 Å². The zero-order valence-electron chi connectivity index (χ0n) is 14.4. The Morgan fingerprint density at radius 3 is 2.00 bits per heavy atom. The van der Waals surface area contributed by atoms with Crippen molar-refractivity contribution in [3.63, 3.8) is 0 Å². The number of carbonyl (C=O) groups excluding carboxylic acids is 3. The van der Waals surface area contributed by atoms with Gasteiger partial charge >= 0.3 is 0 Å². The van der Waals surface area contributed by atoms with Gasteiger partial charge in [-0.15, -0.1) is 0 Å². The number of hydrogen-bond donors (Lipinski definition) is 1. The Hall–Kier alpha value is -1.97. The second-order valence-electron chi connectivity index (χ2n) is 7.85. The third-order valence-electron chi connectivity index (χ3n) is 6.41. The number of carbonyl (C=O) groups is 3.